The predicted octanol–water partition coefficient (Wildman–Crippen LogP) is 4.29. The number of allylic oxidation sites excluding steroid dienone is 1. The number of carbonyl (C=O) groups is 1. The number of anilines is 1. The molecule has 22 heavy (non-hydrogen) atoms. The number of nitrogen functional groups attached to an aromatic ring is 1. The Bertz CT molecular complexity index is 665. The normalized spacial score (nSPS) is 9.64. The fourth-order valence-corrected chi connectivity index (χ4v) is 1.78. The van der Waals surface area contributed by atoms with E-state index in [4.69, 9.17) is 5.73 Å². The monoisotopic (exact) mass is 331 g/mol. The SMILES string of the molecule is Nc1ccccc1C=CC(=O)[c-]1cccc1.[Fe].[cH-]1[cH-][cH-][cH-][cH-]1. The van der Waals surface area contributed by atoms with Gasteiger partial charge in [-0.15, -0.1) is 12.1 Å². The topological polar surface area (TPSA) is 43.1 Å². The van der Waals surface area contributed by atoms with Gasteiger partial charge >= 0.3 is 0 Å². The van der Waals surface area contributed by atoms with Crippen molar-refractivity contribution in [1.82, 2.24) is 0 Å². The van der Waals surface area contributed by atoms with Gasteiger partial charge in [-0.3, -0.25) is 0 Å². The number of ketones is 1. The summed E-state index contributed by atoms with van der Waals surface area (Å²) in [6, 6.07) is 24.7. The molecule has 0 spiro atoms. The maximum atomic E-state index is 11.7. The summed E-state index contributed by atoms with van der Waals surface area (Å²) in [4.78, 5) is 11.7. The summed E-state index contributed by atoms with van der Waals surface area (Å²) in [7, 11) is 0. The van der Waals surface area contributed by atoms with Crippen LogP contribution in [0.25, 0.3) is 6.08 Å². The molecule has 3 aromatic rings. The van der Waals surface area contributed by atoms with E-state index in [2.05, 4.69) is 0 Å². The summed E-state index contributed by atoms with van der Waals surface area (Å²) in [6.45, 7) is 0. The van der Waals surface area contributed by atoms with Gasteiger partial charge in [-0.1, -0.05) is 35.9 Å². The number of hydrogen-bond acceptors (Lipinski definition) is 2. The van der Waals surface area contributed by atoms with Crippen LogP contribution in [0.15, 0.2) is 84.9 Å². The molecule has 0 aliphatic carbocycles. The molecule has 3 heteroatoms. The number of benzene rings is 1. The molecule has 0 fully saturated rings. The van der Waals surface area contributed by atoms with Gasteiger partial charge in [0.05, 0.1) is 0 Å². The zero-order valence-electron chi connectivity index (χ0n) is 12.0. The number of rotatable bonds is 3. The quantitative estimate of drug-likeness (QED) is 0.256. The minimum absolute atomic E-state index is 0. The smallest absolute Gasteiger partial charge is 0.105 e. The average molecular weight is 331 g/mol. The molecule has 0 heterocycles. The first-order chi connectivity index (χ1) is 10.3. The molecule has 0 bridgehead atoms. The van der Waals surface area contributed by atoms with Gasteiger partial charge in [0.2, 0.25) is 0 Å². The van der Waals surface area contributed by atoms with Gasteiger partial charge in [0, 0.05) is 22.8 Å². The Kier molecular flexibility index (Phi) is 7.69. The molecule has 0 aliphatic heterocycles. The van der Waals surface area contributed by atoms with Crippen LogP contribution in [0.5, 0.6) is 0 Å². The third-order valence-electron chi connectivity index (χ3n) is 2.91. The Morgan fingerprint density at radius 3 is 2.05 bits per heavy atom. The van der Waals surface area contributed by atoms with Crippen LogP contribution in [0.1, 0.15) is 15.9 Å². The minimum Gasteiger partial charge on any atom is -0.748 e. The standard InChI is InChI=1S/C14H12NO.C5H5.Fe/c15-13-8-4-3-5-11(13)9-10-14(16)12-6-1-2-7-12;1-2-4-5-3-1;/h1-10H,15H2;1-5H;/q-1;-5;. The predicted molar refractivity (Wildman–Crippen MR) is 88.3 cm³/mol. The van der Waals surface area contributed by atoms with Crippen molar-refractivity contribution in [2.24, 2.45) is 0 Å². The van der Waals surface area contributed by atoms with Crippen LogP contribution in [0.4, 0.5) is 5.69 Å². The van der Waals surface area contributed by atoms with Crippen molar-refractivity contribution in [2.45, 2.75) is 0 Å². The van der Waals surface area contributed by atoms with E-state index < -0.39 is 0 Å². The van der Waals surface area contributed by atoms with Crippen LogP contribution in [0.2, 0.25) is 0 Å². The van der Waals surface area contributed by atoms with Crippen molar-refractivity contribution in [3.8, 4) is 0 Å². The Morgan fingerprint density at radius 2 is 1.50 bits per heavy atom. The minimum atomic E-state index is -0.00625. The van der Waals surface area contributed by atoms with Gasteiger partial charge in [-0.25, -0.2) is 0 Å². The first-order valence-corrected chi connectivity index (χ1v) is 6.72. The summed E-state index contributed by atoms with van der Waals surface area (Å²) < 4.78 is 0. The molecule has 0 aromatic heterocycles. The molecule has 0 saturated heterocycles. The molecule has 2 nitrogen and oxygen atoms in total. The molecule has 118 valence electrons. The second-order valence-electron chi connectivity index (χ2n) is 4.46. The van der Waals surface area contributed by atoms with Gasteiger partial charge in [-0.2, -0.15) is 12.1 Å². The summed E-state index contributed by atoms with van der Waals surface area (Å²) in [6.07, 6.45) is 3.28. The van der Waals surface area contributed by atoms with E-state index in [-0.39, 0.29) is 22.9 Å². The summed E-state index contributed by atoms with van der Waals surface area (Å²) in [5.74, 6) is -0.00625. The fraction of sp³-hybridized carbons (Fsp3) is 0. The largest absolute Gasteiger partial charge is 0.748 e. The molecule has 0 saturated carbocycles. The molecule has 0 amide bonds. The molecule has 3 rings (SSSR count). The van der Waals surface area contributed by atoms with Crippen LogP contribution in [-0.4, -0.2) is 5.78 Å². The van der Waals surface area contributed by atoms with Crippen LogP contribution in [-0.2, 0) is 17.1 Å². The zero-order valence-corrected chi connectivity index (χ0v) is 13.1. The number of carbonyl (C=O) groups excluding carboxylic acids is 1. The van der Waals surface area contributed by atoms with Crippen LogP contribution < -0.4 is 5.73 Å². The Hall–Kier alpha value is -2.35. The van der Waals surface area contributed by atoms with Crippen molar-refractivity contribution in [3.63, 3.8) is 0 Å². The Labute approximate surface area is 141 Å². The van der Waals surface area contributed by atoms with E-state index in [0.717, 1.165) is 5.56 Å². The van der Waals surface area contributed by atoms with Crippen molar-refractivity contribution >= 4 is 17.5 Å². The Morgan fingerprint density at radius 1 is 0.955 bits per heavy atom. The second kappa shape index (κ2) is 9.56. The van der Waals surface area contributed by atoms with Crippen molar-refractivity contribution in [2.75, 3.05) is 5.73 Å². The maximum Gasteiger partial charge on any atom is 0.105 e. The van der Waals surface area contributed by atoms with E-state index in [1.165, 1.54) is 0 Å². The third kappa shape index (κ3) is 5.57. The molecule has 0 atom stereocenters. The van der Waals surface area contributed by atoms with E-state index in [9.17, 15) is 4.79 Å². The summed E-state index contributed by atoms with van der Waals surface area (Å²) in [5.41, 5.74) is 8.00. The zero-order chi connectivity index (χ0) is 14.9. The molecule has 0 aliphatic rings. The van der Waals surface area contributed by atoms with Gasteiger partial charge < -0.3 is 40.9 Å². The molecule has 3 aromatic carbocycles. The van der Waals surface area contributed by atoms with Crippen LogP contribution >= 0.6 is 0 Å². The number of hydrogen-bond donors (Lipinski definition) is 1. The van der Waals surface area contributed by atoms with E-state index in [0.29, 0.717) is 11.3 Å². The van der Waals surface area contributed by atoms with E-state index in [1.54, 1.807) is 24.3 Å². The van der Waals surface area contributed by atoms with Crippen molar-refractivity contribution < 1.29 is 21.9 Å². The second-order valence-corrected chi connectivity index (χ2v) is 4.46. The van der Waals surface area contributed by atoms with E-state index >= 15 is 0 Å². The summed E-state index contributed by atoms with van der Waals surface area (Å²) >= 11 is 0. The van der Waals surface area contributed by atoms with Gasteiger partial charge in [0.1, 0.15) is 5.78 Å². The average Bonchev–Trinajstić information content (AvgIpc) is 3.21. The van der Waals surface area contributed by atoms with Gasteiger partial charge in [-0.05, 0) is 11.6 Å². The first-order valence-electron chi connectivity index (χ1n) is 6.72. The van der Waals surface area contributed by atoms with Gasteiger partial charge in [0.15, 0.2) is 0 Å². The molecular formula is C19H17FeNO-6. The van der Waals surface area contributed by atoms with Gasteiger partial charge in [0.25, 0.3) is 0 Å². The first kappa shape index (κ1) is 17.7. The summed E-state index contributed by atoms with van der Waals surface area (Å²) in [5, 5.41) is 0. The third-order valence-corrected chi connectivity index (χ3v) is 2.91. The number of para-hydroxylation sites is 1. The number of nitrogens with two attached hydrogens (primary N) is 1. The Balaban J connectivity index is 0.000000344. The van der Waals surface area contributed by atoms with E-state index in [1.807, 2.05) is 66.7 Å². The molecular weight excluding hydrogens is 314 g/mol. The molecule has 2 N–H and O–H groups in total. The molecule has 0 unspecified atom stereocenters. The van der Waals surface area contributed by atoms with Crippen LogP contribution in [0, 0.1) is 0 Å². The van der Waals surface area contributed by atoms with Crippen molar-refractivity contribution in [3.05, 3.63) is 96.1 Å². The fourth-order valence-electron chi connectivity index (χ4n) is 1.78. The molecule has 0 radical (unpaired) electrons. The van der Waals surface area contributed by atoms with Crippen LogP contribution in [0.3, 0.4) is 0 Å². The van der Waals surface area contributed by atoms with Crippen molar-refractivity contribution in [1.29, 1.82) is 0 Å². The maximum absolute atomic E-state index is 11.7.